The number of halogens is 3. The topological polar surface area (TPSA) is 56.5 Å². The molecule has 1 aliphatic carbocycles. The highest BCUT2D eigenvalue weighted by atomic mass is 32.2. The van der Waals surface area contributed by atoms with Gasteiger partial charge in [-0.2, -0.15) is 21.6 Å². The normalized spacial score (nSPS) is 13.7. The minimum atomic E-state index is -5.85. The van der Waals surface area contributed by atoms with Gasteiger partial charge in [0.1, 0.15) is 11.2 Å². The Balaban J connectivity index is 1.76. The molecule has 0 saturated carbocycles. The van der Waals surface area contributed by atoms with Crippen LogP contribution in [0.5, 0.6) is 5.75 Å². The summed E-state index contributed by atoms with van der Waals surface area (Å²) >= 11 is 1.49. The van der Waals surface area contributed by atoms with E-state index < -0.39 is 15.6 Å². The van der Waals surface area contributed by atoms with E-state index in [0.29, 0.717) is 27.7 Å². The van der Waals surface area contributed by atoms with Gasteiger partial charge in [-0.1, -0.05) is 24.3 Å². The van der Waals surface area contributed by atoms with Crippen LogP contribution in [0.15, 0.2) is 59.0 Å². The first-order chi connectivity index (χ1) is 15.2. The van der Waals surface area contributed by atoms with E-state index in [1.165, 1.54) is 17.4 Å². The van der Waals surface area contributed by atoms with E-state index >= 15 is 0 Å². The molecule has 158 valence electrons. The van der Waals surface area contributed by atoms with Crippen LogP contribution in [0.1, 0.15) is 0 Å². The maximum Gasteiger partial charge on any atom is 0.534 e. The molecule has 2 aromatic heterocycles. The van der Waals surface area contributed by atoms with Gasteiger partial charge in [-0.05, 0) is 41.3 Å². The van der Waals surface area contributed by atoms with Crippen molar-refractivity contribution < 1.29 is 30.2 Å². The van der Waals surface area contributed by atoms with E-state index in [1.807, 2.05) is 24.3 Å². The molecule has 0 N–H and O–H groups in total. The second-order valence-electron chi connectivity index (χ2n) is 7.65. The first-order valence-electron chi connectivity index (χ1n) is 9.52. The van der Waals surface area contributed by atoms with Crippen molar-refractivity contribution in [2.24, 2.45) is 0 Å². The van der Waals surface area contributed by atoms with E-state index in [0.717, 1.165) is 36.3 Å². The van der Waals surface area contributed by atoms with Crippen LogP contribution in [0.3, 0.4) is 0 Å². The molecule has 4 aromatic carbocycles. The van der Waals surface area contributed by atoms with E-state index in [9.17, 15) is 21.6 Å². The number of thiophene rings is 1. The van der Waals surface area contributed by atoms with E-state index in [2.05, 4.69) is 0 Å². The molecule has 0 aliphatic heterocycles. The number of fused-ring (bicyclic) bond motifs is 1. The Bertz CT molecular complexity index is 1910. The van der Waals surface area contributed by atoms with E-state index in [1.54, 1.807) is 24.3 Å². The van der Waals surface area contributed by atoms with Crippen molar-refractivity contribution in [3.63, 3.8) is 0 Å². The summed E-state index contributed by atoms with van der Waals surface area (Å²) in [5.74, 6) is -0.360. The lowest BCUT2D eigenvalue weighted by Crippen LogP contribution is -2.28. The Morgan fingerprint density at radius 1 is 0.781 bits per heavy atom. The average Bonchev–Trinajstić information content (AvgIpc) is 3.26. The molecule has 0 bridgehead atoms. The highest BCUT2D eigenvalue weighted by Crippen LogP contribution is 2.54. The summed E-state index contributed by atoms with van der Waals surface area (Å²) in [4.78, 5) is 0. The molecule has 0 radical (unpaired) electrons. The zero-order valence-corrected chi connectivity index (χ0v) is 17.4. The first-order valence-corrected chi connectivity index (χ1v) is 11.7. The molecule has 6 aromatic rings. The van der Waals surface area contributed by atoms with Crippen molar-refractivity contribution >= 4 is 74.3 Å². The predicted molar refractivity (Wildman–Crippen MR) is 119 cm³/mol. The smallest absolute Gasteiger partial charge is 0.456 e. The SMILES string of the molecule is O=S(=O)(Oc1ccc2sc3ccc4ccc5oc6cccc7c6c5c4c3c2c1-7)C(F)(F)F. The van der Waals surface area contributed by atoms with Crippen LogP contribution in [0, 0.1) is 0 Å². The number of benzene rings is 4. The van der Waals surface area contributed by atoms with Gasteiger partial charge in [0.15, 0.2) is 5.75 Å². The molecule has 2 heterocycles. The molecule has 1 aliphatic rings. The van der Waals surface area contributed by atoms with Crippen molar-refractivity contribution in [1.29, 1.82) is 0 Å². The molecule has 32 heavy (non-hydrogen) atoms. The first kappa shape index (κ1) is 18.3. The Labute approximate surface area is 181 Å². The Morgan fingerprint density at radius 2 is 1.50 bits per heavy atom. The Kier molecular flexibility index (Phi) is 3.17. The largest absolute Gasteiger partial charge is 0.534 e. The van der Waals surface area contributed by atoms with E-state index in [-0.39, 0.29) is 5.75 Å². The van der Waals surface area contributed by atoms with Crippen LogP contribution < -0.4 is 4.18 Å². The molecule has 7 rings (SSSR count). The van der Waals surface area contributed by atoms with E-state index in [4.69, 9.17) is 8.60 Å². The molecule has 0 saturated heterocycles. The zero-order valence-electron chi connectivity index (χ0n) is 15.8. The summed E-state index contributed by atoms with van der Waals surface area (Å²) < 4.78 is 75.8. The van der Waals surface area contributed by atoms with Crippen LogP contribution in [0.4, 0.5) is 13.2 Å². The molecule has 0 amide bonds. The lowest BCUT2D eigenvalue weighted by molar-refractivity contribution is -0.0499. The predicted octanol–water partition coefficient (Wildman–Crippen LogP) is 7.32. The van der Waals surface area contributed by atoms with Crippen molar-refractivity contribution in [1.82, 2.24) is 0 Å². The van der Waals surface area contributed by atoms with Gasteiger partial charge in [-0.3, -0.25) is 0 Å². The monoisotopic (exact) mass is 470 g/mol. The minimum Gasteiger partial charge on any atom is -0.456 e. The number of furan rings is 1. The van der Waals surface area contributed by atoms with Crippen molar-refractivity contribution in [3.8, 4) is 16.9 Å². The third-order valence-corrected chi connectivity index (χ3v) is 8.04. The van der Waals surface area contributed by atoms with Crippen LogP contribution >= 0.6 is 11.3 Å². The van der Waals surface area contributed by atoms with Gasteiger partial charge in [0.2, 0.25) is 0 Å². The van der Waals surface area contributed by atoms with Gasteiger partial charge < -0.3 is 8.60 Å². The van der Waals surface area contributed by atoms with Crippen molar-refractivity contribution in [3.05, 3.63) is 54.6 Å². The summed E-state index contributed by atoms with van der Waals surface area (Å²) in [6.07, 6.45) is 0. The van der Waals surface area contributed by atoms with Crippen LogP contribution in [0.2, 0.25) is 0 Å². The lowest BCUT2D eigenvalue weighted by Gasteiger charge is -2.14. The maximum atomic E-state index is 13.2. The molecule has 0 fully saturated rings. The second kappa shape index (κ2) is 5.54. The molecular formula is C23H9F3O4S2. The molecule has 9 heteroatoms. The third kappa shape index (κ3) is 2.10. The van der Waals surface area contributed by atoms with Gasteiger partial charge >= 0.3 is 15.6 Å². The van der Waals surface area contributed by atoms with Gasteiger partial charge in [0, 0.05) is 41.9 Å². The number of hydrogen-bond acceptors (Lipinski definition) is 5. The molecule has 4 nitrogen and oxygen atoms in total. The number of hydrogen-bond donors (Lipinski definition) is 0. The molecule has 0 atom stereocenters. The maximum absolute atomic E-state index is 13.2. The van der Waals surface area contributed by atoms with Crippen molar-refractivity contribution in [2.45, 2.75) is 5.51 Å². The van der Waals surface area contributed by atoms with Crippen LogP contribution in [0.25, 0.3) is 64.0 Å². The van der Waals surface area contributed by atoms with Gasteiger partial charge in [0.05, 0.1) is 0 Å². The highest BCUT2D eigenvalue weighted by molar-refractivity contribution is 7.88. The highest BCUT2D eigenvalue weighted by Gasteiger charge is 2.49. The summed E-state index contributed by atoms with van der Waals surface area (Å²) in [6, 6.07) is 16.0. The van der Waals surface area contributed by atoms with Gasteiger partial charge in [-0.25, -0.2) is 0 Å². The number of rotatable bonds is 2. The summed E-state index contributed by atoms with van der Waals surface area (Å²) in [5, 5.41) is 5.03. The summed E-state index contributed by atoms with van der Waals surface area (Å²) in [5.41, 5.74) is -3.43. The number of alkyl halides is 3. The van der Waals surface area contributed by atoms with Crippen LogP contribution in [-0.4, -0.2) is 13.9 Å². The van der Waals surface area contributed by atoms with Crippen LogP contribution in [-0.2, 0) is 10.1 Å². The van der Waals surface area contributed by atoms with Gasteiger partial charge in [0.25, 0.3) is 0 Å². The van der Waals surface area contributed by atoms with Gasteiger partial charge in [-0.15, -0.1) is 11.3 Å². The molecule has 0 unspecified atom stereocenters. The average molecular weight is 470 g/mol. The Morgan fingerprint density at radius 3 is 2.31 bits per heavy atom. The zero-order chi connectivity index (χ0) is 22.0. The summed E-state index contributed by atoms with van der Waals surface area (Å²) in [6.45, 7) is 0. The standard InChI is InChI=1S/C23H9F3O4S2/c24-23(25,26)32(27,28)30-14-7-9-16-22-19(14)11-2-1-3-12-18(11)20-13(29-12)6-4-10-5-8-15(31-16)21(22)17(10)20/h1-9H. The second-order valence-corrected chi connectivity index (χ2v) is 10.3. The summed E-state index contributed by atoms with van der Waals surface area (Å²) in [7, 11) is -5.85. The Hall–Kier alpha value is -3.30. The third-order valence-electron chi connectivity index (χ3n) is 5.96. The quantitative estimate of drug-likeness (QED) is 0.196. The fraction of sp³-hybridized carbons (Fsp3) is 0.0435. The minimum absolute atomic E-state index is 0.318. The lowest BCUT2D eigenvalue weighted by atomic mass is 9.97. The fourth-order valence-corrected chi connectivity index (χ4v) is 6.36. The fourth-order valence-electron chi connectivity index (χ4n) is 4.77. The molecular weight excluding hydrogens is 461 g/mol. The molecule has 0 spiro atoms. The van der Waals surface area contributed by atoms with Crippen molar-refractivity contribution in [2.75, 3.05) is 0 Å².